The lowest BCUT2D eigenvalue weighted by Crippen LogP contribution is -2.40. The molecule has 1 unspecified atom stereocenters. The third kappa shape index (κ3) is 5.52. The number of anilines is 1. The first-order valence-corrected chi connectivity index (χ1v) is 13.5. The molecule has 3 aromatic rings. The molecule has 2 aliphatic carbocycles. The second-order valence-electron chi connectivity index (χ2n) is 9.49. The van der Waals surface area contributed by atoms with E-state index in [-0.39, 0.29) is 36.2 Å². The number of Topliss-reactive ketones (excluding diaryl/α,β-unsaturated/α-hetero) is 1. The van der Waals surface area contributed by atoms with E-state index in [9.17, 15) is 14.4 Å². The van der Waals surface area contributed by atoms with Gasteiger partial charge < -0.3 is 4.74 Å². The molecule has 8 heteroatoms. The fourth-order valence-corrected chi connectivity index (χ4v) is 6.15. The second-order valence-corrected chi connectivity index (χ2v) is 10.8. The molecule has 0 N–H and O–H groups in total. The van der Waals surface area contributed by atoms with Crippen molar-refractivity contribution >= 4 is 45.7 Å². The van der Waals surface area contributed by atoms with Crippen LogP contribution in [0.15, 0.2) is 60.0 Å². The first-order valence-electron chi connectivity index (χ1n) is 12.2. The van der Waals surface area contributed by atoms with Gasteiger partial charge in [0, 0.05) is 27.8 Å². The quantitative estimate of drug-likeness (QED) is 0.359. The zero-order chi connectivity index (χ0) is 25.1. The molecule has 5 rings (SSSR count). The Morgan fingerprint density at radius 2 is 1.72 bits per heavy atom. The Labute approximate surface area is 219 Å². The van der Waals surface area contributed by atoms with Gasteiger partial charge in [-0.2, -0.15) is 0 Å². The Kier molecular flexibility index (Phi) is 7.48. The molecule has 0 radical (unpaired) electrons. The third-order valence-electron chi connectivity index (χ3n) is 7.07. The molecule has 2 bridgehead atoms. The number of hydrogen-bond acceptors (Lipinski definition) is 6. The van der Waals surface area contributed by atoms with E-state index in [1.165, 1.54) is 11.3 Å². The maximum absolute atomic E-state index is 13.3. The number of thiazole rings is 1. The van der Waals surface area contributed by atoms with Crippen molar-refractivity contribution in [2.45, 2.75) is 38.6 Å². The highest BCUT2D eigenvalue weighted by molar-refractivity contribution is 7.14. The number of ether oxygens (including phenoxy) is 1. The summed E-state index contributed by atoms with van der Waals surface area (Å²) in [5.41, 5.74) is 2.59. The fourth-order valence-electron chi connectivity index (χ4n) is 5.17. The van der Waals surface area contributed by atoms with Gasteiger partial charge in [0.1, 0.15) is 5.78 Å². The number of amides is 1. The van der Waals surface area contributed by atoms with Crippen LogP contribution in [-0.4, -0.2) is 29.3 Å². The lowest BCUT2D eigenvalue weighted by atomic mass is 9.67. The topological polar surface area (TPSA) is 76.6 Å². The molecule has 2 aliphatic rings. The Hall–Kier alpha value is -3.03. The first-order chi connectivity index (χ1) is 17.5. The molecule has 0 spiro atoms. The Morgan fingerprint density at radius 1 is 1.03 bits per heavy atom. The molecule has 3 atom stereocenters. The summed E-state index contributed by atoms with van der Waals surface area (Å²) in [6.07, 6.45) is 3.81. The zero-order valence-electron chi connectivity index (χ0n) is 19.8. The van der Waals surface area contributed by atoms with Gasteiger partial charge in [-0.25, -0.2) is 4.98 Å². The molecule has 1 amide bonds. The predicted octanol–water partition coefficient (Wildman–Crippen LogP) is 5.94. The van der Waals surface area contributed by atoms with Gasteiger partial charge in [-0.1, -0.05) is 60.5 Å². The van der Waals surface area contributed by atoms with Crippen LogP contribution in [0.4, 0.5) is 5.13 Å². The highest BCUT2D eigenvalue weighted by atomic mass is 35.5. The standard InChI is InChI=1S/C28H27ClN2O4S/c29-23-11-9-19(10-12-23)24-17-36-28(30-24)31(15-18-5-2-1-3-6-18)25(32)16-35-27(34)22-13-20-7-4-8-21(14-22)26(20)33/h1-3,5-6,9-12,17,20-22H,4,7-8,13-16H2/t20-,21+,22?. The van der Waals surface area contributed by atoms with Crippen molar-refractivity contribution in [2.24, 2.45) is 17.8 Å². The van der Waals surface area contributed by atoms with Gasteiger partial charge in [-0.05, 0) is 43.4 Å². The van der Waals surface area contributed by atoms with Crippen LogP contribution in [0.3, 0.4) is 0 Å². The highest BCUT2D eigenvalue weighted by Gasteiger charge is 2.42. The van der Waals surface area contributed by atoms with Crippen molar-refractivity contribution < 1.29 is 19.1 Å². The summed E-state index contributed by atoms with van der Waals surface area (Å²) < 4.78 is 5.51. The molecule has 2 aromatic carbocycles. The van der Waals surface area contributed by atoms with Crippen molar-refractivity contribution in [1.82, 2.24) is 4.98 Å². The minimum absolute atomic E-state index is 0.0399. The normalized spacial score (nSPS) is 21.1. The SMILES string of the molecule is O=C(OCC(=O)N(Cc1ccccc1)c1nc(-c2ccc(Cl)cc2)cs1)C1C[C@H]2CCC[C@@H](C1)C2=O. The van der Waals surface area contributed by atoms with E-state index in [0.29, 0.717) is 35.3 Å². The van der Waals surface area contributed by atoms with Gasteiger partial charge in [0.2, 0.25) is 0 Å². The minimum atomic E-state index is -0.381. The first kappa shape index (κ1) is 24.7. The Balaban J connectivity index is 1.29. The highest BCUT2D eigenvalue weighted by Crippen LogP contribution is 2.40. The van der Waals surface area contributed by atoms with Gasteiger partial charge >= 0.3 is 5.97 Å². The van der Waals surface area contributed by atoms with Crippen LogP contribution in [-0.2, 0) is 25.7 Å². The summed E-state index contributed by atoms with van der Waals surface area (Å²) in [6.45, 7) is -0.0474. The summed E-state index contributed by atoms with van der Waals surface area (Å²) in [6, 6.07) is 17.0. The van der Waals surface area contributed by atoms with E-state index in [4.69, 9.17) is 21.3 Å². The van der Waals surface area contributed by atoms with Gasteiger partial charge in [-0.3, -0.25) is 19.3 Å². The second kappa shape index (κ2) is 10.9. The van der Waals surface area contributed by atoms with Crippen LogP contribution >= 0.6 is 22.9 Å². The maximum Gasteiger partial charge on any atom is 0.309 e. The number of nitrogens with zero attached hydrogens (tertiary/aromatic N) is 2. The van der Waals surface area contributed by atoms with Crippen molar-refractivity contribution in [1.29, 1.82) is 0 Å². The predicted molar refractivity (Wildman–Crippen MR) is 140 cm³/mol. The number of esters is 1. The van der Waals surface area contributed by atoms with Crippen molar-refractivity contribution in [3.8, 4) is 11.3 Å². The molecular weight excluding hydrogens is 496 g/mol. The van der Waals surface area contributed by atoms with E-state index >= 15 is 0 Å². The monoisotopic (exact) mass is 522 g/mol. The molecule has 1 heterocycles. The van der Waals surface area contributed by atoms with Crippen LogP contribution in [0.2, 0.25) is 5.02 Å². The smallest absolute Gasteiger partial charge is 0.309 e. The van der Waals surface area contributed by atoms with Gasteiger partial charge in [0.05, 0.1) is 18.2 Å². The number of rotatable bonds is 7. The van der Waals surface area contributed by atoms with Crippen molar-refractivity contribution in [3.05, 3.63) is 70.6 Å². The number of ketones is 1. The number of hydrogen-bond donors (Lipinski definition) is 0. The van der Waals surface area contributed by atoms with E-state index in [0.717, 1.165) is 36.1 Å². The summed E-state index contributed by atoms with van der Waals surface area (Å²) in [7, 11) is 0. The maximum atomic E-state index is 13.3. The third-order valence-corrected chi connectivity index (χ3v) is 8.18. The number of aromatic nitrogens is 1. The molecule has 2 saturated carbocycles. The van der Waals surface area contributed by atoms with Gasteiger partial charge in [-0.15, -0.1) is 11.3 Å². The molecule has 36 heavy (non-hydrogen) atoms. The van der Waals surface area contributed by atoms with Crippen LogP contribution in [0.25, 0.3) is 11.3 Å². The number of halogens is 1. The summed E-state index contributed by atoms with van der Waals surface area (Å²) in [5, 5.41) is 3.07. The average Bonchev–Trinajstić information content (AvgIpc) is 3.36. The fraction of sp³-hybridized carbons (Fsp3) is 0.357. The summed E-state index contributed by atoms with van der Waals surface area (Å²) >= 11 is 7.37. The van der Waals surface area contributed by atoms with Crippen LogP contribution < -0.4 is 4.90 Å². The summed E-state index contributed by atoms with van der Waals surface area (Å²) in [5.74, 6) is -0.811. The van der Waals surface area contributed by atoms with Crippen LogP contribution in [0, 0.1) is 17.8 Å². The molecule has 186 valence electrons. The number of carbonyl (C=O) groups is 3. The molecule has 2 fully saturated rings. The lowest BCUT2D eigenvalue weighted by Gasteiger charge is -2.36. The number of benzene rings is 2. The van der Waals surface area contributed by atoms with Crippen molar-refractivity contribution in [2.75, 3.05) is 11.5 Å². The molecule has 1 aromatic heterocycles. The molecule has 0 aliphatic heterocycles. The van der Waals surface area contributed by atoms with E-state index in [2.05, 4.69) is 0 Å². The average molecular weight is 523 g/mol. The lowest BCUT2D eigenvalue weighted by molar-refractivity contribution is -0.156. The minimum Gasteiger partial charge on any atom is -0.455 e. The number of carbonyl (C=O) groups excluding carboxylic acids is 3. The van der Waals surface area contributed by atoms with Gasteiger partial charge in [0.25, 0.3) is 5.91 Å². The van der Waals surface area contributed by atoms with Crippen molar-refractivity contribution in [3.63, 3.8) is 0 Å². The molecule has 0 saturated heterocycles. The molecular formula is C28H27ClN2O4S. The van der Waals surface area contributed by atoms with Crippen LogP contribution in [0.5, 0.6) is 0 Å². The van der Waals surface area contributed by atoms with Gasteiger partial charge in [0.15, 0.2) is 11.7 Å². The van der Waals surface area contributed by atoms with Crippen LogP contribution in [0.1, 0.15) is 37.7 Å². The largest absolute Gasteiger partial charge is 0.455 e. The van der Waals surface area contributed by atoms with E-state index < -0.39 is 0 Å². The molecule has 6 nitrogen and oxygen atoms in total. The summed E-state index contributed by atoms with van der Waals surface area (Å²) in [4.78, 5) is 44.8. The Morgan fingerprint density at radius 3 is 2.42 bits per heavy atom. The Bertz CT molecular complexity index is 1230. The van der Waals surface area contributed by atoms with E-state index in [1.807, 2.05) is 47.8 Å². The van der Waals surface area contributed by atoms with E-state index in [1.54, 1.807) is 17.0 Å². The zero-order valence-corrected chi connectivity index (χ0v) is 21.3. The number of fused-ring (bicyclic) bond motifs is 2.